The Kier molecular flexibility index (Phi) is 6.73. The molecule has 1 fully saturated rings. The van der Waals surface area contributed by atoms with Crippen LogP contribution in [0, 0.1) is 12.8 Å². The number of anilines is 1. The van der Waals surface area contributed by atoms with Gasteiger partial charge in [0.15, 0.2) is 0 Å². The van der Waals surface area contributed by atoms with Gasteiger partial charge in [-0.1, -0.05) is 35.9 Å². The van der Waals surface area contributed by atoms with Crippen molar-refractivity contribution in [3.63, 3.8) is 0 Å². The van der Waals surface area contributed by atoms with Crippen molar-refractivity contribution in [2.75, 3.05) is 12.0 Å². The molecule has 3 atom stereocenters. The summed E-state index contributed by atoms with van der Waals surface area (Å²) in [6.07, 6.45) is 2.52. The molecule has 170 valence electrons. The van der Waals surface area contributed by atoms with Gasteiger partial charge in [-0.25, -0.2) is 0 Å². The Bertz CT molecular complexity index is 1100. The quantitative estimate of drug-likeness (QED) is 0.596. The fraction of sp³-hybridized carbons (Fsp3) is 0.296. The number of hydrogen-bond donors (Lipinski definition) is 1. The maximum Gasteiger partial charge on any atom is 0.227 e. The van der Waals surface area contributed by atoms with E-state index in [0.717, 1.165) is 28.3 Å². The first-order valence-electron chi connectivity index (χ1n) is 11.2. The molecule has 1 N–H and O–H groups in total. The van der Waals surface area contributed by atoms with Crippen molar-refractivity contribution < 1.29 is 14.3 Å². The first kappa shape index (κ1) is 22.5. The highest BCUT2D eigenvalue weighted by atomic mass is 16.5. The standard InChI is InChI=1S/C27H29N3O3/c1-18-7-11-21(12-8-18)30-25(31)16-15-23(26(30)20-9-13-22(33-3)14-10-20)27(32)29-19(2)24-6-4-5-17-28-24/h4-14,17,19,23,26H,15-16H2,1-3H3,(H,29,32). The van der Waals surface area contributed by atoms with E-state index in [2.05, 4.69) is 10.3 Å². The second-order valence-electron chi connectivity index (χ2n) is 8.45. The van der Waals surface area contributed by atoms with Crippen LogP contribution >= 0.6 is 0 Å². The number of nitrogens with zero attached hydrogens (tertiary/aromatic N) is 2. The molecule has 1 aromatic heterocycles. The molecule has 6 heteroatoms. The van der Waals surface area contributed by atoms with Gasteiger partial charge in [-0.15, -0.1) is 0 Å². The predicted octanol–water partition coefficient (Wildman–Crippen LogP) is 4.76. The molecule has 1 aliphatic heterocycles. The van der Waals surface area contributed by atoms with Crippen LogP contribution in [0.15, 0.2) is 72.9 Å². The Morgan fingerprint density at radius 3 is 2.45 bits per heavy atom. The Morgan fingerprint density at radius 1 is 1.09 bits per heavy atom. The zero-order valence-corrected chi connectivity index (χ0v) is 19.2. The molecule has 0 saturated carbocycles. The van der Waals surface area contributed by atoms with Gasteiger partial charge in [0.1, 0.15) is 5.75 Å². The fourth-order valence-corrected chi connectivity index (χ4v) is 4.39. The molecule has 33 heavy (non-hydrogen) atoms. The van der Waals surface area contributed by atoms with Crippen LogP contribution in [0.5, 0.6) is 5.75 Å². The largest absolute Gasteiger partial charge is 0.497 e. The molecule has 0 aliphatic carbocycles. The van der Waals surface area contributed by atoms with Crippen LogP contribution in [-0.2, 0) is 9.59 Å². The normalized spacial score (nSPS) is 19.1. The van der Waals surface area contributed by atoms with Crippen LogP contribution in [0.3, 0.4) is 0 Å². The van der Waals surface area contributed by atoms with E-state index >= 15 is 0 Å². The van der Waals surface area contributed by atoms with Gasteiger partial charge in [0.2, 0.25) is 11.8 Å². The van der Waals surface area contributed by atoms with Crippen molar-refractivity contribution in [3.8, 4) is 5.75 Å². The first-order chi connectivity index (χ1) is 16.0. The molecule has 0 spiro atoms. The molecule has 0 bridgehead atoms. The van der Waals surface area contributed by atoms with Crippen LogP contribution in [0.1, 0.15) is 48.7 Å². The third kappa shape index (κ3) is 4.90. The Morgan fingerprint density at radius 2 is 1.82 bits per heavy atom. The first-order valence-corrected chi connectivity index (χ1v) is 11.2. The third-order valence-electron chi connectivity index (χ3n) is 6.19. The van der Waals surface area contributed by atoms with Crippen LogP contribution in [-0.4, -0.2) is 23.9 Å². The molecule has 1 saturated heterocycles. The lowest BCUT2D eigenvalue weighted by atomic mass is 9.83. The summed E-state index contributed by atoms with van der Waals surface area (Å²) in [5.74, 6) is 0.260. The maximum absolute atomic E-state index is 13.5. The molecule has 3 aromatic rings. The lowest BCUT2D eigenvalue weighted by molar-refractivity contribution is -0.129. The number of aromatic nitrogens is 1. The number of carbonyl (C=O) groups is 2. The lowest BCUT2D eigenvalue weighted by Crippen LogP contribution is -2.48. The summed E-state index contributed by atoms with van der Waals surface area (Å²) in [5, 5.41) is 3.12. The van der Waals surface area contributed by atoms with E-state index < -0.39 is 12.0 Å². The van der Waals surface area contributed by atoms with Crippen molar-refractivity contribution >= 4 is 17.5 Å². The van der Waals surface area contributed by atoms with Crippen molar-refractivity contribution in [2.45, 2.75) is 38.8 Å². The third-order valence-corrected chi connectivity index (χ3v) is 6.19. The van der Waals surface area contributed by atoms with Crippen LogP contribution in [0.25, 0.3) is 0 Å². The predicted molar refractivity (Wildman–Crippen MR) is 128 cm³/mol. The van der Waals surface area contributed by atoms with E-state index in [-0.39, 0.29) is 17.9 Å². The summed E-state index contributed by atoms with van der Waals surface area (Å²) in [5.41, 5.74) is 3.61. The van der Waals surface area contributed by atoms with E-state index in [1.54, 1.807) is 18.2 Å². The van der Waals surface area contributed by atoms with Gasteiger partial charge < -0.3 is 15.0 Å². The Labute approximate surface area is 194 Å². The Hall–Kier alpha value is -3.67. The van der Waals surface area contributed by atoms with Crippen molar-refractivity contribution in [1.29, 1.82) is 0 Å². The monoisotopic (exact) mass is 443 g/mol. The minimum absolute atomic E-state index is 0.0153. The number of carbonyl (C=O) groups excluding carboxylic acids is 2. The van der Waals surface area contributed by atoms with Crippen molar-refractivity contribution in [1.82, 2.24) is 10.3 Å². The van der Waals surface area contributed by atoms with E-state index in [0.29, 0.717) is 12.8 Å². The summed E-state index contributed by atoms with van der Waals surface area (Å²) < 4.78 is 5.31. The number of ether oxygens (including phenoxy) is 1. The van der Waals surface area contributed by atoms with Gasteiger partial charge in [0.25, 0.3) is 0 Å². The van der Waals surface area contributed by atoms with Gasteiger partial charge in [-0.3, -0.25) is 14.6 Å². The molecular formula is C27H29N3O3. The highest BCUT2D eigenvalue weighted by molar-refractivity contribution is 5.97. The average Bonchev–Trinajstić information content (AvgIpc) is 2.85. The zero-order valence-electron chi connectivity index (χ0n) is 19.2. The molecule has 2 amide bonds. The van der Waals surface area contributed by atoms with E-state index in [1.807, 2.05) is 80.6 Å². The molecule has 2 aromatic carbocycles. The zero-order chi connectivity index (χ0) is 23.4. The minimum Gasteiger partial charge on any atom is -0.497 e. The number of methoxy groups -OCH3 is 1. The smallest absolute Gasteiger partial charge is 0.227 e. The van der Waals surface area contributed by atoms with E-state index in [9.17, 15) is 9.59 Å². The SMILES string of the molecule is COc1ccc(C2C(C(=O)NC(C)c3ccccn3)CCC(=O)N2c2ccc(C)cc2)cc1. The number of benzene rings is 2. The molecule has 1 aliphatic rings. The van der Waals surface area contributed by atoms with Crippen LogP contribution < -0.4 is 15.0 Å². The number of nitrogens with one attached hydrogen (secondary N) is 1. The average molecular weight is 444 g/mol. The highest BCUT2D eigenvalue weighted by Gasteiger charge is 2.41. The summed E-state index contributed by atoms with van der Waals surface area (Å²) >= 11 is 0. The van der Waals surface area contributed by atoms with Gasteiger partial charge in [0.05, 0.1) is 30.8 Å². The van der Waals surface area contributed by atoms with Gasteiger partial charge >= 0.3 is 0 Å². The fourth-order valence-electron chi connectivity index (χ4n) is 4.39. The number of hydrogen-bond acceptors (Lipinski definition) is 4. The summed E-state index contributed by atoms with van der Waals surface area (Å²) in [7, 11) is 1.62. The number of piperidine rings is 1. The van der Waals surface area contributed by atoms with Crippen LogP contribution in [0.4, 0.5) is 5.69 Å². The lowest BCUT2D eigenvalue weighted by Gasteiger charge is -2.41. The molecule has 6 nitrogen and oxygen atoms in total. The van der Waals surface area contributed by atoms with Crippen LogP contribution in [0.2, 0.25) is 0 Å². The highest BCUT2D eigenvalue weighted by Crippen LogP contribution is 2.40. The summed E-state index contributed by atoms with van der Waals surface area (Å²) in [6.45, 7) is 3.94. The summed E-state index contributed by atoms with van der Waals surface area (Å²) in [6, 6.07) is 20.5. The number of rotatable bonds is 6. The Balaban J connectivity index is 1.69. The number of amides is 2. The number of aryl methyl sites for hydroxylation is 1. The summed E-state index contributed by atoms with van der Waals surface area (Å²) in [4.78, 5) is 32.8. The number of pyridine rings is 1. The topological polar surface area (TPSA) is 71.5 Å². The second kappa shape index (κ2) is 9.86. The van der Waals surface area contributed by atoms with Crippen molar-refractivity contribution in [2.24, 2.45) is 5.92 Å². The molecule has 0 radical (unpaired) electrons. The molecule has 2 heterocycles. The van der Waals surface area contributed by atoms with Crippen molar-refractivity contribution in [3.05, 3.63) is 89.7 Å². The molecule has 3 unspecified atom stereocenters. The van der Waals surface area contributed by atoms with Gasteiger partial charge in [-0.2, -0.15) is 0 Å². The second-order valence-corrected chi connectivity index (χ2v) is 8.45. The molecule has 4 rings (SSSR count). The minimum atomic E-state index is -0.421. The van der Waals surface area contributed by atoms with E-state index in [1.165, 1.54) is 0 Å². The maximum atomic E-state index is 13.5. The van der Waals surface area contributed by atoms with E-state index in [4.69, 9.17) is 4.74 Å². The molecular weight excluding hydrogens is 414 g/mol. The van der Waals surface area contributed by atoms with Gasteiger partial charge in [-0.05, 0) is 62.2 Å². The van der Waals surface area contributed by atoms with Gasteiger partial charge in [0, 0.05) is 18.3 Å².